The standard InChI is InChI=1S/C19H20N3O2S/c1-21-18(12-17-9-5-6-10-20-17)14-25-22(21)13-16-8-4-3-7-15(16)11-19(23)24-2/h3-10,12-13H,11,14H2,1-2H3/q+1. The first-order valence-electron chi connectivity index (χ1n) is 7.94. The van der Waals surface area contributed by atoms with Gasteiger partial charge in [-0.3, -0.25) is 9.78 Å². The van der Waals surface area contributed by atoms with Gasteiger partial charge in [-0.25, -0.2) is 0 Å². The van der Waals surface area contributed by atoms with Crippen molar-refractivity contribution < 1.29 is 13.6 Å². The van der Waals surface area contributed by atoms with Crippen LogP contribution in [0.5, 0.6) is 0 Å². The number of hydrogen-bond acceptors (Lipinski definition) is 5. The monoisotopic (exact) mass is 354 g/mol. The van der Waals surface area contributed by atoms with Gasteiger partial charge in [-0.2, -0.15) is 0 Å². The molecule has 6 heteroatoms. The topological polar surface area (TPSA) is 45.4 Å². The zero-order valence-electron chi connectivity index (χ0n) is 14.3. The fourth-order valence-electron chi connectivity index (χ4n) is 2.50. The number of aromatic nitrogens is 1. The van der Waals surface area contributed by atoms with Crippen LogP contribution in [0.15, 0.2) is 54.4 Å². The lowest BCUT2D eigenvalue weighted by Crippen LogP contribution is -2.21. The number of nitrogens with zero attached hydrogens (tertiary/aromatic N) is 3. The van der Waals surface area contributed by atoms with Crippen molar-refractivity contribution in [3.05, 3.63) is 71.2 Å². The van der Waals surface area contributed by atoms with Crippen LogP contribution < -0.4 is 0 Å². The molecule has 3 rings (SSSR count). The third-order valence-electron chi connectivity index (χ3n) is 3.93. The molecule has 0 radical (unpaired) electrons. The summed E-state index contributed by atoms with van der Waals surface area (Å²) in [5, 5.41) is 2.09. The number of benzene rings is 1. The van der Waals surface area contributed by atoms with E-state index < -0.39 is 0 Å². The maximum atomic E-state index is 11.6. The number of carbonyl (C=O) groups excluding carboxylic acids is 1. The van der Waals surface area contributed by atoms with Gasteiger partial charge in [0.2, 0.25) is 6.21 Å². The lowest BCUT2D eigenvalue weighted by Gasteiger charge is -2.07. The van der Waals surface area contributed by atoms with Gasteiger partial charge in [-0.15, -0.1) is 5.01 Å². The van der Waals surface area contributed by atoms with E-state index in [1.807, 2.05) is 55.7 Å². The Morgan fingerprint density at radius 1 is 1.32 bits per heavy atom. The van der Waals surface area contributed by atoms with E-state index in [-0.39, 0.29) is 12.4 Å². The molecule has 2 aromatic rings. The quantitative estimate of drug-likeness (QED) is 0.480. The Hall–Kier alpha value is -2.60. The molecule has 25 heavy (non-hydrogen) atoms. The predicted molar refractivity (Wildman–Crippen MR) is 100 cm³/mol. The summed E-state index contributed by atoms with van der Waals surface area (Å²) in [6.45, 7) is 0. The molecule has 5 nitrogen and oxygen atoms in total. The smallest absolute Gasteiger partial charge is 0.310 e. The molecule has 0 unspecified atom stereocenters. The SMILES string of the molecule is COC(=O)Cc1ccccc1C=[N+]1SCC(=Cc2ccccn2)N1C. The number of hydrazine groups is 1. The van der Waals surface area contributed by atoms with Gasteiger partial charge in [0.05, 0.1) is 32.0 Å². The average Bonchev–Trinajstić information content (AvgIpc) is 2.97. The molecule has 1 fully saturated rings. The highest BCUT2D eigenvalue weighted by Gasteiger charge is 2.28. The highest BCUT2D eigenvalue weighted by Crippen LogP contribution is 2.25. The number of hydrogen-bond donors (Lipinski definition) is 0. The van der Waals surface area contributed by atoms with Crippen LogP contribution in [0.25, 0.3) is 6.08 Å². The first-order chi connectivity index (χ1) is 12.2. The maximum absolute atomic E-state index is 11.6. The van der Waals surface area contributed by atoms with E-state index in [0.29, 0.717) is 0 Å². The summed E-state index contributed by atoms with van der Waals surface area (Å²) in [5.41, 5.74) is 4.07. The molecule has 0 spiro atoms. The Kier molecular flexibility index (Phi) is 5.50. The summed E-state index contributed by atoms with van der Waals surface area (Å²) in [5.74, 6) is 0.627. The number of ether oxygens (including phenoxy) is 1. The minimum atomic E-state index is -0.237. The number of esters is 1. The minimum absolute atomic E-state index is 0.237. The predicted octanol–water partition coefficient (Wildman–Crippen LogP) is 2.78. The van der Waals surface area contributed by atoms with Gasteiger partial charge in [0.15, 0.2) is 11.9 Å². The van der Waals surface area contributed by atoms with Gasteiger partial charge in [-0.05, 0) is 33.9 Å². The van der Waals surface area contributed by atoms with Crippen molar-refractivity contribution in [3.8, 4) is 0 Å². The number of methoxy groups -OCH3 is 1. The molecule has 128 valence electrons. The molecule has 0 N–H and O–H groups in total. The summed E-state index contributed by atoms with van der Waals surface area (Å²) in [4.78, 5) is 16.0. The van der Waals surface area contributed by atoms with E-state index in [1.54, 1.807) is 18.1 Å². The van der Waals surface area contributed by atoms with Crippen LogP contribution in [0.1, 0.15) is 16.8 Å². The molecule has 0 amide bonds. The number of carbonyl (C=O) groups is 1. The minimum Gasteiger partial charge on any atom is -0.469 e. The summed E-state index contributed by atoms with van der Waals surface area (Å²) >= 11 is 1.70. The van der Waals surface area contributed by atoms with Crippen molar-refractivity contribution in [2.45, 2.75) is 6.42 Å². The van der Waals surface area contributed by atoms with Gasteiger partial charge in [0.1, 0.15) is 5.75 Å². The molecule has 0 aliphatic carbocycles. The summed E-state index contributed by atoms with van der Waals surface area (Å²) in [6, 6.07) is 13.7. The Morgan fingerprint density at radius 3 is 2.88 bits per heavy atom. The Morgan fingerprint density at radius 2 is 2.12 bits per heavy atom. The highest BCUT2D eigenvalue weighted by atomic mass is 32.2. The number of pyridine rings is 1. The zero-order chi connectivity index (χ0) is 17.6. The van der Waals surface area contributed by atoms with Crippen LogP contribution in [0.2, 0.25) is 0 Å². The Labute approximate surface area is 151 Å². The summed E-state index contributed by atoms with van der Waals surface area (Å²) in [7, 11) is 3.43. The van der Waals surface area contributed by atoms with Gasteiger partial charge in [-0.1, -0.05) is 24.3 Å². The van der Waals surface area contributed by atoms with Crippen LogP contribution >= 0.6 is 11.9 Å². The largest absolute Gasteiger partial charge is 0.469 e. The van der Waals surface area contributed by atoms with E-state index >= 15 is 0 Å². The van der Waals surface area contributed by atoms with Gasteiger partial charge in [0, 0.05) is 11.8 Å². The molecule has 1 aromatic heterocycles. The Balaban J connectivity index is 1.84. The molecule has 0 bridgehead atoms. The van der Waals surface area contributed by atoms with Crippen LogP contribution in [-0.2, 0) is 16.0 Å². The third kappa shape index (κ3) is 4.28. The lowest BCUT2D eigenvalue weighted by molar-refractivity contribution is -0.515. The zero-order valence-corrected chi connectivity index (χ0v) is 15.1. The fourth-order valence-corrected chi connectivity index (χ4v) is 3.50. The van der Waals surface area contributed by atoms with E-state index in [2.05, 4.69) is 20.2 Å². The van der Waals surface area contributed by atoms with Crippen molar-refractivity contribution in [2.24, 2.45) is 0 Å². The van der Waals surface area contributed by atoms with Crippen molar-refractivity contribution in [2.75, 3.05) is 19.9 Å². The third-order valence-corrected chi connectivity index (χ3v) is 4.97. The van der Waals surface area contributed by atoms with E-state index in [1.165, 1.54) is 12.8 Å². The van der Waals surface area contributed by atoms with Crippen LogP contribution in [-0.4, -0.2) is 46.2 Å². The van der Waals surface area contributed by atoms with Crippen LogP contribution in [0.3, 0.4) is 0 Å². The molecule has 1 aliphatic heterocycles. The summed E-state index contributed by atoms with van der Waals surface area (Å²) in [6.07, 6.45) is 6.19. The second-order valence-electron chi connectivity index (χ2n) is 5.57. The van der Waals surface area contributed by atoms with Gasteiger partial charge < -0.3 is 4.74 Å². The first-order valence-corrected chi connectivity index (χ1v) is 8.88. The van der Waals surface area contributed by atoms with E-state index in [9.17, 15) is 4.79 Å². The molecule has 1 aliphatic rings. The van der Waals surface area contributed by atoms with E-state index in [4.69, 9.17) is 4.74 Å². The molecular formula is C19H20N3O2S+. The molecule has 0 atom stereocenters. The molecule has 2 heterocycles. The average molecular weight is 354 g/mol. The van der Waals surface area contributed by atoms with Crippen molar-refractivity contribution in [3.63, 3.8) is 0 Å². The van der Waals surface area contributed by atoms with Crippen LogP contribution in [0.4, 0.5) is 0 Å². The number of hydrazone groups is 1. The molecule has 1 saturated heterocycles. The van der Waals surface area contributed by atoms with Crippen molar-refractivity contribution in [1.82, 2.24) is 9.99 Å². The van der Waals surface area contributed by atoms with E-state index in [0.717, 1.165) is 22.6 Å². The van der Waals surface area contributed by atoms with Crippen molar-refractivity contribution >= 4 is 30.2 Å². The first kappa shape index (κ1) is 17.2. The molecule has 1 aromatic carbocycles. The second-order valence-corrected chi connectivity index (χ2v) is 6.49. The Bertz CT molecular complexity index is 818. The summed E-state index contributed by atoms with van der Waals surface area (Å²) < 4.78 is 6.86. The molecular weight excluding hydrogens is 334 g/mol. The fraction of sp³-hybridized carbons (Fsp3) is 0.211. The number of rotatable bonds is 4. The normalized spacial score (nSPS) is 17.3. The maximum Gasteiger partial charge on any atom is 0.310 e. The highest BCUT2D eigenvalue weighted by molar-refractivity contribution is 7.93. The van der Waals surface area contributed by atoms with Gasteiger partial charge >= 0.3 is 5.97 Å². The molecule has 0 saturated carbocycles. The second kappa shape index (κ2) is 7.98. The van der Waals surface area contributed by atoms with Gasteiger partial charge in [0.25, 0.3) is 0 Å². The van der Waals surface area contributed by atoms with Crippen LogP contribution in [0, 0.1) is 0 Å². The lowest BCUT2D eigenvalue weighted by atomic mass is 10.1. The van der Waals surface area contributed by atoms with Crippen molar-refractivity contribution in [1.29, 1.82) is 0 Å².